The van der Waals surface area contributed by atoms with Gasteiger partial charge in [-0.1, -0.05) is 11.6 Å². The number of anilines is 1. The highest BCUT2D eigenvalue weighted by Crippen LogP contribution is 2.34. The van der Waals surface area contributed by atoms with Crippen molar-refractivity contribution in [1.82, 2.24) is 0 Å². The molecular weight excluding hydrogens is 340 g/mol. The normalized spacial score (nSPS) is 13.4. The number of methoxy groups -OCH3 is 2. The second-order valence-electron chi connectivity index (χ2n) is 5.43. The fourth-order valence-electron chi connectivity index (χ4n) is 2.72. The van der Waals surface area contributed by atoms with Gasteiger partial charge < -0.3 is 9.47 Å². The molecule has 1 amide bonds. The molecule has 1 aliphatic rings. The first kappa shape index (κ1) is 16.9. The SMILES string of the molecule is COc1ccc(N2C=C(Cl)c3cc(OC)cc(C#N)c3CC2=O)cc1. The molecule has 25 heavy (non-hydrogen) atoms. The smallest absolute Gasteiger partial charge is 0.235 e. The molecule has 3 rings (SSSR count). The minimum Gasteiger partial charge on any atom is -0.497 e. The van der Waals surface area contributed by atoms with Crippen LogP contribution >= 0.6 is 11.6 Å². The summed E-state index contributed by atoms with van der Waals surface area (Å²) < 4.78 is 10.4. The van der Waals surface area contributed by atoms with Crippen LogP contribution in [-0.4, -0.2) is 20.1 Å². The molecule has 0 atom stereocenters. The third-order valence-corrected chi connectivity index (χ3v) is 4.33. The van der Waals surface area contributed by atoms with Crippen LogP contribution in [0, 0.1) is 11.3 Å². The third-order valence-electron chi connectivity index (χ3n) is 4.03. The van der Waals surface area contributed by atoms with Gasteiger partial charge in [-0.25, -0.2) is 0 Å². The zero-order chi connectivity index (χ0) is 18.0. The van der Waals surface area contributed by atoms with Gasteiger partial charge in [-0.3, -0.25) is 9.69 Å². The summed E-state index contributed by atoms with van der Waals surface area (Å²) >= 11 is 6.46. The van der Waals surface area contributed by atoms with Crippen LogP contribution in [0.15, 0.2) is 42.6 Å². The molecule has 0 unspecified atom stereocenters. The molecule has 0 aromatic heterocycles. The van der Waals surface area contributed by atoms with Crippen molar-refractivity contribution in [3.8, 4) is 17.6 Å². The van der Waals surface area contributed by atoms with Crippen molar-refractivity contribution in [2.45, 2.75) is 6.42 Å². The van der Waals surface area contributed by atoms with Crippen molar-refractivity contribution in [2.75, 3.05) is 19.1 Å². The van der Waals surface area contributed by atoms with Gasteiger partial charge in [-0.2, -0.15) is 5.26 Å². The molecule has 0 N–H and O–H groups in total. The summed E-state index contributed by atoms with van der Waals surface area (Å²) in [5.41, 5.74) is 2.28. The Hall–Kier alpha value is -2.97. The Balaban J connectivity index is 2.09. The number of hydrogen-bond donors (Lipinski definition) is 0. The second kappa shape index (κ2) is 6.88. The standard InChI is InChI=1S/C19H15ClN2O3/c1-24-14-5-3-13(4-6-14)22-11-18(20)17-8-15(25-2)7-12(10-21)16(17)9-19(22)23/h3-8,11H,9H2,1-2H3. The summed E-state index contributed by atoms with van der Waals surface area (Å²) in [5, 5.41) is 9.78. The minimum absolute atomic E-state index is 0.0704. The average molecular weight is 355 g/mol. The predicted octanol–water partition coefficient (Wildman–Crippen LogP) is 3.70. The fourth-order valence-corrected chi connectivity index (χ4v) is 2.99. The van der Waals surface area contributed by atoms with Crippen molar-refractivity contribution in [2.24, 2.45) is 0 Å². The van der Waals surface area contributed by atoms with Crippen LogP contribution < -0.4 is 14.4 Å². The van der Waals surface area contributed by atoms with Gasteiger partial charge in [0, 0.05) is 17.5 Å². The zero-order valence-electron chi connectivity index (χ0n) is 13.7. The van der Waals surface area contributed by atoms with Gasteiger partial charge >= 0.3 is 0 Å². The largest absolute Gasteiger partial charge is 0.497 e. The molecule has 1 heterocycles. The van der Waals surface area contributed by atoms with E-state index in [1.165, 1.54) is 12.0 Å². The lowest BCUT2D eigenvalue weighted by molar-refractivity contribution is -0.117. The average Bonchev–Trinajstić information content (AvgIpc) is 2.77. The Bertz CT molecular complexity index is 898. The number of ether oxygens (including phenoxy) is 2. The summed E-state index contributed by atoms with van der Waals surface area (Å²) in [6.45, 7) is 0. The quantitative estimate of drug-likeness (QED) is 0.843. The van der Waals surface area contributed by atoms with Crippen LogP contribution in [0.4, 0.5) is 5.69 Å². The first-order valence-electron chi connectivity index (χ1n) is 7.52. The molecule has 0 bridgehead atoms. The lowest BCUT2D eigenvalue weighted by atomic mass is 9.98. The number of rotatable bonds is 3. The van der Waals surface area contributed by atoms with Crippen LogP contribution in [0.25, 0.3) is 5.03 Å². The number of hydrogen-bond acceptors (Lipinski definition) is 4. The molecule has 126 valence electrons. The van der Waals surface area contributed by atoms with Gasteiger partial charge in [0.1, 0.15) is 11.5 Å². The van der Waals surface area contributed by atoms with Crippen LogP contribution in [0.2, 0.25) is 0 Å². The lowest BCUT2D eigenvalue weighted by Crippen LogP contribution is -2.26. The fraction of sp³-hybridized carbons (Fsp3) is 0.158. The molecule has 0 fully saturated rings. The summed E-state index contributed by atoms with van der Waals surface area (Å²) in [5.74, 6) is 1.04. The van der Waals surface area contributed by atoms with E-state index in [9.17, 15) is 10.1 Å². The molecular formula is C19H15ClN2O3. The van der Waals surface area contributed by atoms with Crippen LogP contribution in [0.1, 0.15) is 16.7 Å². The predicted molar refractivity (Wildman–Crippen MR) is 95.7 cm³/mol. The van der Waals surface area contributed by atoms with E-state index in [1.54, 1.807) is 49.7 Å². The first-order valence-corrected chi connectivity index (χ1v) is 7.90. The Labute approximate surface area is 150 Å². The Kier molecular flexibility index (Phi) is 4.64. The van der Waals surface area contributed by atoms with E-state index in [1.807, 2.05) is 0 Å². The van der Waals surface area contributed by atoms with Crippen molar-refractivity contribution in [3.05, 3.63) is 59.3 Å². The van der Waals surface area contributed by atoms with Gasteiger partial charge in [0.15, 0.2) is 0 Å². The molecule has 1 aliphatic heterocycles. The number of fused-ring (bicyclic) bond motifs is 1. The van der Waals surface area contributed by atoms with Gasteiger partial charge in [-0.15, -0.1) is 0 Å². The number of carbonyl (C=O) groups excluding carboxylic acids is 1. The number of carbonyl (C=O) groups is 1. The van der Waals surface area contributed by atoms with E-state index >= 15 is 0 Å². The molecule has 5 nitrogen and oxygen atoms in total. The van der Waals surface area contributed by atoms with Gasteiger partial charge in [0.2, 0.25) is 5.91 Å². The lowest BCUT2D eigenvalue weighted by Gasteiger charge is -2.17. The number of nitriles is 1. The molecule has 6 heteroatoms. The molecule has 2 aromatic rings. The first-order chi connectivity index (χ1) is 12.1. The molecule has 0 spiro atoms. The molecule has 0 radical (unpaired) electrons. The van der Waals surface area contributed by atoms with Crippen molar-refractivity contribution < 1.29 is 14.3 Å². The number of amides is 1. The van der Waals surface area contributed by atoms with Crippen molar-refractivity contribution in [1.29, 1.82) is 5.26 Å². The van der Waals surface area contributed by atoms with E-state index in [0.717, 1.165) is 0 Å². The Morgan fingerprint density at radius 2 is 1.80 bits per heavy atom. The van der Waals surface area contributed by atoms with Gasteiger partial charge in [-0.05, 0) is 42.0 Å². The molecule has 0 saturated carbocycles. The molecule has 0 saturated heterocycles. The number of benzene rings is 2. The van der Waals surface area contributed by atoms with Crippen LogP contribution in [0.5, 0.6) is 11.5 Å². The van der Waals surface area contributed by atoms with E-state index < -0.39 is 0 Å². The van der Waals surface area contributed by atoms with E-state index in [4.69, 9.17) is 21.1 Å². The van der Waals surface area contributed by atoms with Crippen molar-refractivity contribution in [3.63, 3.8) is 0 Å². The maximum atomic E-state index is 12.8. The van der Waals surface area contributed by atoms with E-state index in [2.05, 4.69) is 6.07 Å². The third kappa shape index (κ3) is 3.17. The second-order valence-corrected chi connectivity index (χ2v) is 5.84. The maximum absolute atomic E-state index is 12.8. The Morgan fingerprint density at radius 1 is 1.12 bits per heavy atom. The van der Waals surface area contributed by atoms with E-state index in [-0.39, 0.29) is 12.3 Å². The summed E-state index contributed by atoms with van der Waals surface area (Å²) in [4.78, 5) is 14.2. The van der Waals surface area contributed by atoms with Crippen LogP contribution in [0.3, 0.4) is 0 Å². The zero-order valence-corrected chi connectivity index (χ0v) is 14.5. The monoisotopic (exact) mass is 354 g/mol. The summed E-state index contributed by atoms with van der Waals surface area (Å²) in [6, 6.07) is 12.6. The number of nitrogens with zero attached hydrogens (tertiary/aromatic N) is 2. The van der Waals surface area contributed by atoms with E-state index in [0.29, 0.717) is 38.9 Å². The highest BCUT2D eigenvalue weighted by Gasteiger charge is 2.25. The highest BCUT2D eigenvalue weighted by molar-refractivity contribution is 6.49. The minimum atomic E-state index is -0.177. The summed E-state index contributed by atoms with van der Waals surface area (Å²) in [7, 11) is 3.10. The van der Waals surface area contributed by atoms with Crippen molar-refractivity contribution >= 4 is 28.2 Å². The maximum Gasteiger partial charge on any atom is 0.235 e. The van der Waals surface area contributed by atoms with Gasteiger partial charge in [0.25, 0.3) is 0 Å². The topological polar surface area (TPSA) is 62.6 Å². The molecule has 2 aromatic carbocycles. The Morgan fingerprint density at radius 3 is 2.40 bits per heavy atom. The number of halogens is 1. The molecule has 0 aliphatic carbocycles. The van der Waals surface area contributed by atoms with Crippen LogP contribution in [-0.2, 0) is 11.2 Å². The highest BCUT2D eigenvalue weighted by atomic mass is 35.5. The summed E-state index contributed by atoms with van der Waals surface area (Å²) in [6.07, 6.45) is 1.64. The van der Waals surface area contributed by atoms with Gasteiger partial charge in [0.05, 0.1) is 37.3 Å².